The summed E-state index contributed by atoms with van der Waals surface area (Å²) in [5, 5.41) is 0. The zero-order chi connectivity index (χ0) is 10.7. The maximum absolute atomic E-state index is 11.7. The molecule has 0 amide bonds. The Morgan fingerprint density at radius 2 is 1.77 bits per heavy atom. The van der Waals surface area contributed by atoms with Gasteiger partial charge in [0.2, 0.25) is 8.32 Å². The molecular formula is C7H13F3O2Si. The van der Waals surface area contributed by atoms with E-state index in [0.717, 1.165) is 0 Å². The van der Waals surface area contributed by atoms with E-state index < -0.39 is 33.3 Å². The molecule has 0 spiro atoms. The summed E-state index contributed by atoms with van der Waals surface area (Å²) in [4.78, 5) is 10.8. The number of hydrogen-bond acceptors (Lipinski definition) is 2. The molecule has 78 valence electrons. The lowest BCUT2D eigenvalue weighted by atomic mass is 10.3. The molecule has 0 N–H and O–H groups in total. The van der Waals surface area contributed by atoms with E-state index in [-0.39, 0.29) is 0 Å². The first kappa shape index (κ1) is 12.5. The highest BCUT2D eigenvalue weighted by atomic mass is 28.4. The monoisotopic (exact) mass is 214 g/mol. The predicted molar refractivity (Wildman–Crippen MR) is 44.7 cm³/mol. The van der Waals surface area contributed by atoms with Crippen molar-refractivity contribution in [2.45, 2.75) is 38.7 Å². The third-order valence-electron chi connectivity index (χ3n) is 1.03. The van der Waals surface area contributed by atoms with Crippen LogP contribution in [0.5, 0.6) is 0 Å². The average molecular weight is 214 g/mol. The lowest BCUT2D eigenvalue weighted by Crippen LogP contribution is -2.29. The number of carbonyl (C=O) groups excluding carboxylic acids is 1. The van der Waals surface area contributed by atoms with Gasteiger partial charge >= 0.3 is 6.18 Å². The van der Waals surface area contributed by atoms with E-state index in [0.29, 0.717) is 0 Å². The van der Waals surface area contributed by atoms with E-state index in [4.69, 9.17) is 4.43 Å². The van der Waals surface area contributed by atoms with Crippen LogP contribution < -0.4 is 0 Å². The standard InChI is InChI=1S/C7H13F3O2Si/c1-13(2,3)12-6(11)4-5-7(8,9)10/h4-5H2,1-3H3. The maximum Gasteiger partial charge on any atom is 0.389 e. The maximum atomic E-state index is 11.7. The van der Waals surface area contributed by atoms with Gasteiger partial charge in [0.1, 0.15) is 0 Å². The van der Waals surface area contributed by atoms with Gasteiger partial charge in [-0.1, -0.05) is 0 Å². The Labute approximate surface area is 76.2 Å². The van der Waals surface area contributed by atoms with Crippen LogP contribution in [0.3, 0.4) is 0 Å². The van der Waals surface area contributed by atoms with Gasteiger partial charge < -0.3 is 4.43 Å². The number of halogens is 3. The van der Waals surface area contributed by atoms with Gasteiger partial charge in [0.05, 0.1) is 12.8 Å². The summed E-state index contributed by atoms with van der Waals surface area (Å²) in [5.74, 6) is -0.753. The van der Waals surface area contributed by atoms with Crippen LogP contribution in [0.2, 0.25) is 19.6 Å². The Bertz CT molecular complexity index is 183. The van der Waals surface area contributed by atoms with Crippen LogP contribution in [0.15, 0.2) is 0 Å². The van der Waals surface area contributed by atoms with Crippen LogP contribution in [0.1, 0.15) is 12.8 Å². The van der Waals surface area contributed by atoms with Crippen molar-refractivity contribution in [1.82, 2.24) is 0 Å². The van der Waals surface area contributed by atoms with E-state index in [2.05, 4.69) is 0 Å². The first-order chi connectivity index (χ1) is 5.60. The number of carbonyl (C=O) groups is 1. The highest BCUT2D eigenvalue weighted by Crippen LogP contribution is 2.21. The average Bonchev–Trinajstić information content (AvgIpc) is 1.78. The van der Waals surface area contributed by atoms with Crippen LogP contribution >= 0.6 is 0 Å². The Balaban J connectivity index is 3.78. The van der Waals surface area contributed by atoms with E-state index in [1.54, 1.807) is 19.6 Å². The molecule has 0 saturated carbocycles. The Morgan fingerprint density at radius 1 is 1.31 bits per heavy atom. The van der Waals surface area contributed by atoms with Crippen molar-refractivity contribution in [3.8, 4) is 0 Å². The van der Waals surface area contributed by atoms with Gasteiger partial charge in [-0.05, 0) is 19.6 Å². The van der Waals surface area contributed by atoms with Crippen molar-refractivity contribution in [3.05, 3.63) is 0 Å². The first-order valence-electron chi connectivity index (χ1n) is 3.89. The quantitative estimate of drug-likeness (QED) is 0.675. The fourth-order valence-corrected chi connectivity index (χ4v) is 1.42. The summed E-state index contributed by atoms with van der Waals surface area (Å²) in [6, 6.07) is 0. The van der Waals surface area contributed by atoms with Crippen LogP contribution in [-0.4, -0.2) is 20.5 Å². The molecule has 0 atom stereocenters. The molecule has 0 aliphatic rings. The molecule has 0 aromatic carbocycles. The summed E-state index contributed by atoms with van der Waals surface area (Å²) < 4.78 is 39.8. The molecule has 0 aromatic heterocycles. The van der Waals surface area contributed by atoms with Crippen LogP contribution in [-0.2, 0) is 9.22 Å². The number of alkyl halides is 3. The van der Waals surface area contributed by atoms with Crippen LogP contribution in [0.25, 0.3) is 0 Å². The predicted octanol–water partition coefficient (Wildman–Crippen LogP) is 2.71. The molecular weight excluding hydrogens is 201 g/mol. The lowest BCUT2D eigenvalue weighted by Gasteiger charge is -2.17. The molecule has 0 saturated heterocycles. The largest absolute Gasteiger partial charge is 0.520 e. The Kier molecular flexibility index (Phi) is 3.96. The summed E-state index contributed by atoms with van der Waals surface area (Å²) in [7, 11) is -2.03. The zero-order valence-electron chi connectivity index (χ0n) is 7.86. The number of hydrogen-bond donors (Lipinski definition) is 0. The highest BCUT2D eigenvalue weighted by Gasteiger charge is 2.29. The Morgan fingerprint density at radius 3 is 2.08 bits per heavy atom. The molecule has 0 aromatic rings. The molecule has 0 aliphatic carbocycles. The summed E-state index contributed by atoms with van der Waals surface area (Å²) in [6.45, 7) is 5.25. The van der Waals surface area contributed by atoms with Crippen molar-refractivity contribution in [1.29, 1.82) is 0 Å². The number of rotatable bonds is 3. The second kappa shape index (κ2) is 4.12. The van der Waals surface area contributed by atoms with Gasteiger partial charge in [0.25, 0.3) is 5.97 Å². The van der Waals surface area contributed by atoms with Crippen molar-refractivity contribution in [3.63, 3.8) is 0 Å². The molecule has 0 heterocycles. The molecule has 0 fully saturated rings. The minimum Gasteiger partial charge on any atom is -0.520 e. The molecule has 0 unspecified atom stereocenters. The second-order valence-corrected chi connectivity index (χ2v) is 8.13. The van der Waals surface area contributed by atoms with Gasteiger partial charge in [-0.2, -0.15) is 13.2 Å². The van der Waals surface area contributed by atoms with Gasteiger partial charge in [-0.15, -0.1) is 0 Å². The SMILES string of the molecule is C[Si](C)(C)OC(=O)CCC(F)(F)F. The molecule has 0 bridgehead atoms. The fraction of sp³-hybridized carbons (Fsp3) is 0.857. The normalized spacial score (nSPS) is 12.8. The molecule has 0 radical (unpaired) electrons. The topological polar surface area (TPSA) is 26.3 Å². The van der Waals surface area contributed by atoms with E-state index in [9.17, 15) is 18.0 Å². The third kappa shape index (κ3) is 9.39. The van der Waals surface area contributed by atoms with Crippen LogP contribution in [0.4, 0.5) is 13.2 Å². The second-order valence-electron chi connectivity index (χ2n) is 3.70. The third-order valence-corrected chi connectivity index (χ3v) is 1.87. The van der Waals surface area contributed by atoms with Crippen molar-refractivity contribution >= 4 is 14.3 Å². The van der Waals surface area contributed by atoms with Gasteiger partial charge in [0, 0.05) is 0 Å². The summed E-state index contributed by atoms with van der Waals surface area (Å²) in [5.41, 5.74) is 0. The minimum absolute atomic E-state index is 0.576. The van der Waals surface area contributed by atoms with Crippen molar-refractivity contribution in [2.24, 2.45) is 0 Å². The molecule has 0 aliphatic heterocycles. The fourth-order valence-electron chi connectivity index (χ4n) is 0.636. The van der Waals surface area contributed by atoms with Crippen molar-refractivity contribution < 1.29 is 22.4 Å². The van der Waals surface area contributed by atoms with E-state index in [1.165, 1.54) is 0 Å². The Hall–Kier alpha value is -0.523. The van der Waals surface area contributed by atoms with Gasteiger partial charge in [-0.3, -0.25) is 4.79 Å². The van der Waals surface area contributed by atoms with E-state index >= 15 is 0 Å². The molecule has 2 nitrogen and oxygen atoms in total. The molecule has 13 heavy (non-hydrogen) atoms. The van der Waals surface area contributed by atoms with E-state index in [1.807, 2.05) is 0 Å². The summed E-state index contributed by atoms with van der Waals surface area (Å²) in [6.07, 6.45) is -5.96. The minimum atomic E-state index is -4.28. The molecule has 6 heteroatoms. The smallest absolute Gasteiger partial charge is 0.389 e. The summed E-state index contributed by atoms with van der Waals surface area (Å²) >= 11 is 0. The van der Waals surface area contributed by atoms with Gasteiger partial charge in [-0.25, -0.2) is 0 Å². The molecule has 0 rings (SSSR count). The van der Waals surface area contributed by atoms with Gasteiger partial charge in [0.15, 0.2) is 0 Å². The van der Waals surface area contributed by atoms with Crippen LogP contribution in [0, 0.1) is 0 Å². The first-order valence-corrected chi connectivity index (χ1v) is 7.29. The zero-order valence-corrected chi connectivity index (χ0v) is 8.86. The lowest BCUT2D eigenvalue weighted by molar-refractivity contribution is -0.151. The van der Waals surface area contributed by atoms with Crippen molar-refractivity contribution in [2.75, 3.05) is 0 Å². The highest BCUT2D eigenvalue weighted by molar-refractivity contribution is 6.71.